The summed E-state index contributed by atoms with van der Waals surface area (Å²) < 4.78 is 46.6. The highest BCUT2D eigenvalue weighted by atomic mass is 19.4. The van der Waals surface area contributed by atoms with Crippen LogP contribution in [0.5, 0.6) is 17.2 Å². The molecule has 0 aliphatic rings. The lowest BCUT2D eigenvalue weighted by Crippen LogP contribution is -2.14. The Kier molecular flexibility index (Phi) is 8.06. The SMILES string of the molecule is CCCCC(=C(c1ccc(O)cc1)c1ccc(O)cc1)c1ccc(OCC(=O)O)c(C(F)(F)F)c1. The maximum atomic E-state index is 13.9. The van der Waals surface area contributed by atoms with Gasteiger partial charge in [-0.15, -0.1) is 0 Å². The number of alkyl halides is 3. The second kappa shape index (κ2) is 11.0. The molecule has 35 heavy (non-hydrogen) atoms. The first kappa shape index (κ1) is 25.7. The maximum absolute atomic E-state index is 13.9. The summed E-state index contributed by atoms with van der Waals surface area (Å²) in [5.41, 5.74) is 1.90. The van der Waals surface area contributed by atoms with E-state index < -0.39 is 30.1 Å². The largest absolute Gasteiger partial charge is 0.508 e. The van der Waals surface area contributed by atoms with E-state index in [9.17, 15) is 28.2 Å². The summed E-state index contributed by atoms with van der Waals surface area (Å²) in [6.07, 6.45) is -2.81. The maximum Gasteiger partial charge on any atom is 0.419 e. The van der Waals surface area contributed by atoms with E-state index in [2.05, 4.69) is 0 Å². The van der Waals surface area contributed by atoms with Gasteiger partial charge in [-0.05, 0) is 77.1 Å². The van der Waals surface area contributed by atoms with E-state index >= 15 is 0 Å². The van der Waals surface area contributed by atoms with Gasteiger partial charge in [-0.25, -0.2) is 4.79 Å². The van der Waals surface area contributed by atoms with Crippen LogP contribution < -0.4 is 4.74 Å². The van der Waals surface area contributed by atoms with Gasteiger partial charge in [0.1, 0.15) is 17.2 Å². The smallest absolute Gasteiger partial charge is 0.419 e. The van der Waals surface area contributed by atoms with Crippen molar-refractivity contribution >= 4 is 17.1 Å². The Morgan fingerprint density at radius 3 is 1.83 bits per heavy atom. The third kappa shape index (κ3) is 6.56. The van der Waals surface area contributed by atoms with Gasteiger partial charge < -0.3 is 20.1 Å². The van der Waals surface area contributed by atoms with Crippen molar-refractivity contribution in [3.05, 3.63) is 89.0 Å². The van der Waals surface area contributed by atoms with Crippen LogP contribution in [0.15, 0.2) is 66.7 Å². The molecule has 0 saturated heterocycles. The van der Waals surface area contributed by atoms with Gasteiger partial charge in [0.2, 0.25) is 0 Å². The standard InChI is InChI=1S/C27H25F3O5/c1-2-3-4-22(19-9-14-24(35-16-25(33)34)23(15-19)27(28,29)30)26(17-5-10-20(31)11-6-17)18-7-12-21(32)13-8-18/h5-15,31-32H,2-4,16H2,1H3,(H,33,34). The van der Waals surface area contributed by atoms with Crippen molar-refractivity contribution in [2.24, 2.45) is 0 Å². The normalized spacial score (nSPS) is 11.2. The Labute approximate surface area is 200 Å². The zero-order chi connectivity index (χ0) is 25.6. The van der Waals surface area contributed by atoms with Gasteiger partial charge in [0.05, 0.1) is 5.56 Å². The fourth-order valence-electron chi connectivity index (χ4n) is 3.74. The Hall–Kier alpha value is -3.94. The average molecular weight is 486 g/mol. The van der Waals surface area contributed by atoms with E-state index in [0.29, 0.717) is 40.7 Å². The van der Waals surface area contributed by atoms with Gasteiger partial charge in [0, 0.05) is 0 Å². The van der Waals surface area contributed by atoms with Crippen LogP contribution in [0.4, 0.5) is 13.2 Å². The number of rotatable bonds is 9. The molecule has 3 aromatic carbocycles. The molecule has 184 valence electrons. The fraction of sp³-hybridized carbons (Fsp3) is 0.222. The van der Waals surface area contributed by atoms with Crippen LogP contribution in [-0.2, 0) is 11.0 Å². The third-order valence-corrected chi connectivity index (χ3v) is 5.38. The molecule has 3 aromatic rings. The summed E-state index contributed by atoms with van der Waals surface area (Å²) in [4.78, 5) is 10.8. The van der Waals surface area contributed by atoms with Crippen LogP contribution in [-0.4, -0.2) is 27.9 Å². The van der Waals surface area contributed by atoms with Gasteiger partial charge in [-0.2, -0.15) is 13.2 Å². The Morgan fingerprint density at radius 2 is 1.37 bits per heavy atom. The quantitative estimate of drug-likeness (QED) is 0.292. The number of aromatic hydroxyl groups is 2. The van der Waals surface area contributed by atoms with Crippen molar-refractivity contribution in [2.45, 2.75) is 32.4 Å². The lowest BCUT2D eigenvalue weighted by molar-refractivity contribution is -0.143. The van der Waals surface area contributed by atoms with Crippen LogP contribution in [0.1, 0.15) is 48.4 Å². The topological polar surface area (TPSA) is 87.0 Å². The highest BCUT2D eigenvalue weighted by molar-refractivity contribution is 5.99. The molecular formula is C27H25F3O5. The summed E-state index contributed by atoms with van der Waals surface area (Å²) >= 11 is 0. The van der Waals surface area contributed by atoms with Crippen molar-refractivity contribution in [1.29, 1.82) is 0 Å². The number of halogens is 3. The number of hydrogen-bond donors (Lipinski definition) is 3. The van der Waals surface area contributed by atoms with Gasteiger partial charge in [-0.3, -0.25) is 0 Å². The second-order valence-electron chi connectivity index (χ2n) is 7.94. The number of carboxylic acids is 1. The van der Waals surface area contributed by atoms with Gasteiger partial charge in [0.25, 0.3) is 0 Å². The van der Waals surface area contributed by atoms with Crippen LogP contribution in [0, 0.1) is 0 Å². The predicted octanol–water partition coefficient (Wildman–Crippen LogP) is 6.73. The van der Waals surface area contributed by atoms with E-state index in [0.717, 1.165) is 18.6 Å². The highest BCUT2D eigenvalue weighted by Crippen LogP contribution is 2.41. The molecule has 0 spiro atoms. The molecule has 8 heteroatoms. The van der Waals surface area contributed by atoms with Gasteiger partial charge in [-0.1, -0.05) is 43.7 Å². The molecule has 0 atom stereocenters. The zero-order valence-corrected chi connectivity index (χ0v) is 19.0. The van der Waals surface area contributed by atoms with Crippen LogP contribution in [0.3, 0.4) is 0 Å². The first-order valence-electron chi connectivity index (χ1n) is 11.0. The minimum Gasteiger partial charge on any atom is -0.508 e. The molecule has 3 N–H and O–H groups in total. The Bertz CT molecular complexity index is 1150. The molecule has 0 aliphatic heterocycles. The van der Waals surface area contributed by atoms with Gasteiger partial charge in [0.15, 0.2) is 6.61 Å². The molecule has 0 unspecified atom stereocenters. The molecule has 0 aliphatic carbocycles. The third-order valence-electron chi connectivity index (χ3n) is 5.38. The lowest BCUT2D eigenvalue weighted by atomic mass is 9.86. The average Bonchev–Trinajstić information content (AvgIpc) is 2.81. The molecule has 0 saturated carbocycles. The molecule has 0 radical (unpaired) electrons. The lowest BCUT2D eigenvalue weighted by Gasteiger charge is -2.20. The summed E-state index contributed by atoms with van der Waals surface area (Å²) in [5.74, 6) is -1.84. The molecule has 0 bridgehead atoms. The number of aliphatic carboxylic acids is 1. The number of benzene rings is 3. The van der Waals surface area contributed by atoms with Crippen molar-refractivity contribution in [3.63, 3.8) is 0 Å². The zero-order valence-electron chi connectivity index (χ0n) is 19.0. The van der Waals surface area contributed by atoms with Crippen LogP contribution in [0.25, 0.3) is 11.1 Å². The molecule has 0 heterocycles. The molecule has 0 fully saturated rings. The molecule has 0 amide bonds. The minimum absolute atomic E-state index is 0.0493. The minimum atomic E-state index is -4.77. The highest BCUT2D eigenvalue weighted by Gasteiger charge is 2.35. The van der Waals surface area contributed by atoms with Crippen LogP contribution in [0.2, 0.25) is 0 Å². The summed E-state index contributed by atoms with van der Waals surface area (Å²) in [5, 5.41) is 28.3. The molecule has 3 rings (SSSR count). The number of phenolic OH excluding ortho intramolecular Hbond substituents is 2. The van der Waals surface area contributed by atoms with Gasteiger partial charge >= 0.3 is 12.1 Å². The van der Waals surface area contributed by atoms with E-state index in [1.807, 2.05) is 6.92 Å². The number of unbranched alkanes of at least 4 members (excludes halogenated alkanes) is 1. The Balaban J connectivity index is 2.29. The summed E-state index contributed by atoms with van der Waals surface area (Å²) in [6.45, 7) is 1.08. The van der Waals surface area contributed by atoms with Crippen molar-refractivity contribution < 1.29 is 38.0 Å². The predicted molar refractivity (Wildman–Crippen MR) is 126 cm³/mol. The molecular weight excluding hydrogens is 461 g/mol. The number of carbonyl (C=O) groups is 1. The first-order valence-corrected chi connectivity index (χ1v) is 11.0. The molecule has 0 aromatic heterocycles. The van der Waals surface area contributed by atoms with E-state index in [1.165, 1.54) is 30.3 Å². The number of ether oxygens (including phenoxy) is 1. The second-order valence-corrected chi connectivity index (χ2v) is 7.94. The van der Waals surface area contributed by atoms with Crippen molar-refractivity contribution in [3.8, 4) is 17.2 Å². The van der Waals surface area contributed by atoms with E-state index in [1.54, 1.807) is 24.3 Å². The number of allylic oxidation sites excluding steroid dienone is 1. The number of phenols is 2. The number of hydrogen-bond acceptors (Lipinski definition) is 4. The van der Waals surface area contributed by atoms with Crippen LogP contribution >= 0.6 is 0 Å². The first-order chi connectivity index (χ1) is 16.6. The van der Waals surface area contributed by atoms with Crippen molar-refractivity contribution in [2.75, 3.05) is 6.61 Å². The van der Waals surface area contributed by atoms with E-state index in [4.69, 9.17) is 9.84 Å². The Morgan fingerprint density at radius 1 is 0.857 bits per heavy atom. The van der Waals surface area contributed by atoms with Crippen molar-refractivity contribution in [1.82, 2.24) is 0 Å². The summed E-state index contributed by atoms with van der Waals surface area (Å²) in [6, 6.07) is 16.3. The summed E-state index contributed by atoms with van der Waals surface area (Å²) in [7, 11) is 0. The monoisotopic (exact) mass is 486 g/mol. The number of carboxylic acid groups (broad SMARTS) is 1. The molecule has 5 nitrogen and oxygen atoms in total. The van der Waals surface area contributed by atoms with E-state index in [-0.39, 0.29) is 11.5 Å². The fourth-order valence-corrected chi connectivity index (χ4v) is 3.74.